The molecule has 2 rings (SSSR count). The van der Waals surface area contributed by atoms with E-state index in [0.717, 1.165) is 18.5 Å². The van der Waals surface area contributed by atoms with E-state index in [1.54, 1.807) is 12.1 Å². The molecule has 134 valence electrons. The molecule has 5 nitrogen and oxygen atoms in total. The van der Waals surface area contributed by atoms with Crippen LogP contribution in [0.3, 0.4) is 0 Å². The number of hydrogen-bond acceptors (Lipinski definition) is 4. The highest BCUT2D eigenvalue weighted by Crippen LogP contribution is 2.22. The van der Waals surface area contributed by atoms with Gasteiger partial charge < -0.3 is 20.4 Å². The maximum absolute atomic E-state index is 12.4. The van der Waals surface area contributed by atoms with Gasteiger partial charge in [0.05, 0.1) is 13.0 Å². The Morgan fingerprint density at radius 1 is 1.42 bits per heavy atom. The van der Waals surface area contributed by atoms with Crippen molar-refractivity contribution in [3.63, 3.8) is 0 Å². The van der Waals surface area contributed by atoms with E-state index in [-0.39, 0.29) is 32.0 Å². The molecular formula is C18H27ClN2O3. The predicted octanol–water partition coefficient (Wildman–Crippen LogP) is 1.45. The zero-order valence-corrected chi connectivity index (χ0v) is 15.1. The van der Waals surface area contributed by atoms with Gasteiger partial charge in [-0.1, -0.05) is 37.6 Å². The second-order valence-corrected chi connectivity index (χ2v) is 7.49. The molecular weight excluding hydrogens is 328 g/mol. The Kier molecular flexibility index (Phi) is 6.63. The van der Waals surface area contributed by atoms with Crippen LogP contribution in [0.4, 0.5) is 0 Å². The zero-order valence-electron chi connectivity index (χ0n) is 14.3. The summed E-state index contributed by atoms with van der Waals surface area (Å²) in [5.74, 6) is 0.479. The largest absolute Gasteiger partial charge is 0.388 e. The molecule has 1 aromatic rings. The lowest BCUT2D eigenvalue weighted by atomic mass is 10.0. The van der Waals surface area contributed by atoms with Crippen molar-refractivity contribution < 1.29 is 15.0 Å². The Morgan fingerprint density at radius 2 is 2.08 bits per heavy atom. The number of β-amino-alcohol motifs (C(OH)–C–C–N with tert-alkyl or cyclic N) is 2. The Labute approximate surface area is 148 Å². The van der Waals surface area contributed by atoms with Crippen LogP contribution in [0, 0.1) is 5.92 Å². The molecule has 1 heterocycles. The first-order valence-electron chi connectivity index (χ1n) is 8.43. The number of carbonyl (C=O) groups excluding carboxylic acids is 1. The lowest BCUT2D eigenvalue weighted by molar-refractivity contribution is -0.130. The van der Waals surface area contributed by atoms with Crippen LogP contribution < -0.4 is 5.32 Å². The quantitative estimate of drug-likeness (QED) is 0.648. The molecule has 0 aliphatic carbocycles. The van der Waals surface area contributed by atoms with Crippen LogP contribution in [-0.2, 0) is 11.2 Å². The molecule has 1 aliphatic heterocycles. The number of aliphatic hydroxyl groups is 2. The molecule has 1 aliphatic rings. The van der Waals surface area contributed by atoms with Gasteiger partial charge in [0.15, 0.2) is 0 Å². The summed E-state index contributed by atoms with van der Waals surface area (Å²) in [6.45, 7) is 5.65. The van der Waals surface area contributed by atoms with Crippen LogP contribution in [0.2, 0.25) is 5.02 Å². The van der Waals surface area contributed by atoms with Crippen LogP contribution in [0.25, 0.3) is 0 Å². The van der Waals surface area contributed by atoms with Gasteiger partial charge in [-0.3, -0.25) is 4.79 Å². The van der Waals surface area contributed by atoms with E-state index in [9.17, 15) is 15.0 Å². The second-order valence-electron chi connectivity index (χ2n) is 7.06. The van der Waals surface area contributed by atoms with Crippen molar-refractivity contribution >= 4 is 17.5 Å². The van der Waals surface area contributed by atoms with Gasteiger partial charge in [-0.05, 0) is 36.6 Å². The van der Waals surface area contributed by atoms with E-state index < -0.39 is 11.7 Å². The van der Waals surface area contributed by atoms with Crippen LogP contribution in [0.5, 0.6) is 0 Å². The summed E-state index contributed by atoms with van der Waals surface area (Å²) < 4.78 is 0. The number of carbonyl (C=O) groups is 1. The van der Waals surface area contributed by atoms with E-state index in [1.165, 1.54) is 4.90 Å². The Balaban J connectivity index is 1.86. The van der Waals surface area contributed by atoms with Gasteiger partial charge in [0.25, 0.3) is 0 Å². The van der Waals surface area contributed by atoms with Gasteiger partial charge in [0.2, 0.25) is 5.91 Å². The van der Waals surface area contributed by atoms with Crippen LogP contribution in [0.15, 0.2) is 24.3 Å². The van der Waals surface area contributed by atoms with Crippen molar-refractivity contribution in [3.8, 4) is 0 Å². The number of hydrogen-bond donors (Lipinski definition) is 3. The minimum atomic E-state index is -1.29. The first kappa shape index (κ1) is 19.2. The smallest absolute Gasteiger partial charge is 0.227 e. The fourth-order valence-corrected chi connectivity index (χ4v) is 2.95. The lowest BCUT2D eigenvalue weighted by Crippen LogP contribution is -2.50. The Bertz CT molecular complexity index is 550. The third kappa shape index (κ3) is 5.18. The second kappa shape index (κ2) is 8.30. The number of benzene rings is 1. The fourth-order valence-electron chi connectivity index (χ4n) is 2.83. The summed E-state index contributed by atoms with van der Waals surface area (Å²) in [4.78, 5) is 13.9. The fraction of sp³-hybridized carbons (Fsp3) is 0.611. The maximum atomic E-state index is 12.4. The number of nitrogens with zero attached hydrogens (tertiary/aromatic N) is 1. The SMILES string of the molecule is CC(C)CCNC[C@]1(O)CN(C(=O)Cc2ccc(Cl)cc2)C[C@H]1O. The van der Waals surface area contributed by atoms with E-state index in [1.807, 2.05) is 12.1 Å². The van der Waals surface area contributed by atoms with Gasteiger partial charge in [0, 0.05) is 18.1 Å². The van der Waals surface area contributed by atoms with Crippen molar-refractivity contribution in [2.24, 2.45) is 5.92 Å². The maximum Gasteiger partial charge on any atom is 0.227 e. The summed E-state index contributed by atoms with van der Waals surface area (Å²) in [5, 5.41) is 24.6. The molecule has 24 heavy (non-hydrogen) atoms. The van der Waals surface area contributed by atoms with E-state index in [4.69, 9.17) is 11.6 Å². The third-order valence-corrected chi connectivity index (χ3v) is 4.68. The number of halogens is 1. The minimum absolute atomic E-state index is 0.102. The predicted molar refractivity (Wildman–Crippen MR) is 95.0 cm³/mol. The van der Waals surface area contributed by atoms with Gasteiger partial charge in [-0.2, -0.15) is 0 Å². The minimum Gasteiger partial charge on any atom is -0.388 e. The molecule has 0 radical (unpaired) electrons. The first-order chi connectivity index (χ1) is 11.3. The average molecular weight is 355 g/mol. The van der Waals surface area contributed by atoms with E-state index >= 15 is 0 Å². The summed E-state index contributed by atoms with van der Waals surface area (Å²) in [7, 11) is 0. The monoisotopic (exact) mass is 354 g/mol. The third-order valence-electron chi connectivity index (χ3n) is 4.43. The zero-order chi connectivity index (χ0) is 17.7. The van der Waals surface area contributed by atoms with Crippen molar-refractivity contribution in [3.05, 3.63) is 34.9 Å². The highest BCUT2D eigenvalue weighted by atomic mass is 35.5. The van der Waals surface area contributed by atoms with Gasteiger partial charge in [0.1, 0.15) is 11.7 Å². The molecule has 0 spiro atoms. The van der Waals surface area contributed by atoms with Crippen LogP contribution >= 0.6 is 11.6 Å². The molecule has 1 aromatic carbocycles. The molecule has 1 amide bonds. The van der Waals surface area contributed by atoms with Crippen molar-refractivity contribution in [2.75, 3.05) is 26.2 Å². The molecule has 0 bridgehead atoms. The number of nitrogens with one attached hydrogen (secondary N) is 1. The summed E-state index contributed by atoms with van der Waals surface area (Å²) >= 11 is 5.84. The average Bonchev–Trinajstić information content (AvgIpc) is 2.82. The van der Waals surface area contributed by atoms with Gasteiger partial charge in [-0.15, -0.1) is 0 Å². The van der Waals surface area contributed by atoms with E-state index in [0.29, 0.717) is 10.9 Å². The van der Waals surface area contributed by atoms with Crippen molar-refractivity contribution in [2.45, 2.75) is 38.4 Å². The summed E-state index contributed by atoms with van der Waals surface area (Å²) in [6.07, 6.45) is 0.310. The molecule has 2 atom stereocenters. The van der Waals surface area contributed by atoms with Crippen LogP contribution in [-0.4, -0.2) is 58.9 Å². The summed E-state index contributed by atoms with van der Waals surface area (Å²) in [6, 6.07) is 7.12. The molecule has 0 unspecified atom stereocenters. The molecule has 0 saturated carbocycles. The molecule has 3 N–H and O–H groups in total. The Hall–Kier alpha value is -1.14. The lowest BCUT2D eigenvalue weighted by Gasteiger charge is -2.26. The number of rotatable bonds is 7. The normalized spacial score (nSPS) is 23.9. The van der Waals surface area contributed by atoms with Gasteiger partial charge in [-0.25, -0.2) is 0 Å². The Morgan fingerprint density at radius 3 is 2.71 bits per heavy atom. The number of amides is 1. The van der Waals surface area contributed by atoms with Gasteiger partial charge >= 0.3 is 0 Å². The molecule has 6 heteroatoms. The topological polar surface area (TPSA) is 72.8 Å². The van der Waals surface area contributed by atoms with Crippen molar-refractivity contribution in [1.29, 1.82) is 0 Å². The molecule has 1 saturated heterocycles. The highest BCUT2D eigenvalue weighted by Gasteiger charge is 2.45. The number of likely N-dealkylation sites (tertiary alicyclic amines) is 1. The van der Waals surface area contributed by atoms with E-state index in [2.05, 4.69) is 19.2 Å². The van der Waals surface area contributed by atoms with Crippen molar-refractivity contribution in [1.82, 2.24) is 10.2 Å². The number of aliphatic hydroxyl groups excluding tert-OH is 1. The standard InChI is InChI=1S/C18H27ClN2O3/c1-13(2)7-8-20-11-18(24)12-21(10-16(18)22)17(23)9-14-3-5-15(19)6-4-14/h3-6,13,16,20,22,24H,7-12H2,1-2H3/t16-,18+/m1/s1. The molecule has 0 aromatic heterocycles. The highest BCUT2D eigenvalue weighted by molar-refractivity contribution is 6.30. The van der Waals surface area contributed by atoms with Crippen LogP contribution in [0.1, 0.15) is 25.8 Å². The first-order valence-corrected chi connectivity index (χ1v) is 8.81. The summed E-state index contributed by atoms with van der Waals surface area (Å²) in [5.41, 5.74) is -0.420. The molecule has 1 fully saturated rings.